The molecule has 0 saturated carbocycles. The van der Waals surface area contributed by atoms with Gasteiger partial charge in [0.1, 0.15) is 5.75 Å². The van der Waals surface area contributed by atoms with Crippen LogP contribution in [0.1, 0.15) is 17.5 Å². The molecule has 16 heavy (non-hydrogen) atoms. The topological polar surface area (TPSA) is 69.4 Å². The maximum absolute atomic E-state index is 10.7. The highest BCUT2D eigenvalue weighted by Gasteiger charge is 2.04. The lowest BCUT2D eigenvalue weighted by Crippen LogP contribution is -2.18. The van der Waals surface area contributed by atoms with E-state index in [0.717, 1.165) is 16.9 Å². The van der Waals surface area contributed by atoms with Gasteiger partial charge in [-0.05, 0) is 37.5 Å². The van der Waals surface area contributed by atoms with Crippen molar-refractivity contribution in [3.8, 4) is 5.75 Å². The van der Waals surface area contributed by atoms with Crippen LogP contribution in [0.4, 0.5) is 0 Å². The van der Waals surface area contributed by atoms with Gasteiger partial charge in [-0.25, -0.2) is 13.6 Å². The van der Waals surface area contributed by atoms with Gasteiger partial charge in [-0.2, -0.15) is 0 Å². The molecule has 2 N–H and O–H groups in total. The first-order valence-electron chi connectivity index (χ1n) is 5.09. The van der Waals surface area contributed by atoms with E-state index < -0.39 is 10.0 Å². The molecule has 0 saturated heterocycles. The Morgan fingerprint density at radius 2 is 2.00 bits per heavy atom. The zero-order valence-electron chi connectivity index (χ0n) is 9.56. The summed E-state index contributed by atoms with van der Waals surface area (Å²) in [7, 11) is -3.38. The molecule has 0 aliphatic carbocycles. The maximum atomic E-state index is 10.7. The van der Waals surface area contributed by atoms with Gasteiger partial charge in [0.25, 0.3) is 0 Å². The molecule has 1 aromatic rings. The summed E-state index contributed by atoms with van der Waals surface area (Å²) in [5.41, 5.74) is 2.24. The van der Waals surface area contributed by atoms with Gasteiger partial charge >= 0.3 is 0 Å². The van der Waals surface area contributed by atoms with Crippen LogP contribution in [0, 0.1) is 13.8 Å². The fraction of sp³-hybridized carbons (Fsp3) is 0.455. The summed E-state index contributed by atoms with van der Waals surface area (Å²) in [6.07, 6.45) is 0.409. The minimum absolute atomic E-state index is 0.0438. The Morgan fingerprint density at radius 1 is 1.31 bits per heavy atom. The lowest BCUT2D eigenvalue weighted by atomic mass is 10.1. The van der Waals surface area contributed by atoms with Crippen LogP contribution in [0.2, 0.25) is 0 Å². The van der Waals surface area contributed by atoms with Crippen LogP contribution in [0.15, 0.2) is 18.2 Å². The highest BCUT2D eigenvalue weighted by molar-refractivity contribution is 7.89. The molecule has 0 fully saturated rings. The number of benzene rings is 1. The molecule has 90 valence electrons. The van der Waals surface area contributed by atoms with Gasteiger partial charge in [0.05, 0.1) is 12.4 Å². The van der Waals surface area contributed by atoms with E-state index in [1.165, 1.54) is 0 Å². The monoisotopic (exact) mass is 243 g/mol. The van der Waals surface area contributed by atoms with Crippen LogP contribution in [-0.2, 0) is 10.0 Å². The van der Waals surface area contributed by atoms with E-state index in [0.29, 0.717) is 13.0 Å². The van der Waals surface area contributed by atoms with Gasteiger partial charge in [-0.3, -0.25) is 0 Å². The molecule has 5 heteroatoms. The van der Waals surface area contributed by atoms with E-state index in [1.807, 2.05) is 32.0 Å². The van der Waals surface area contributed by atoms with Gasteiger partial charge in [-0.1, -0.05) is 12.1 Å². The number of nitrogens with two attached hydrogens (primary N) is 1. The number of sulfonamides is 1. The summed E-state index contributed by atoms with van der Waals surface area (Å²) in [4.78, 5) is 0. The van der Waals surface area contributed by atoms with Gasteiger partial charge < -0.3 is 4.74 Å². The van der Waals surface area contributed by atoms with Crippen molar-refractivity contribution in [1.29, 1.82) is 0 Å². The van der Waals surface area contributed by atoms with Crippen molar-refractivity contribution < 1.29 is 13.2 Å². The Morgan fingerprint density at radius 3 is 2.62 bits per heavy atom. The van der Waals surface area contributed by atoms with Crippen LogP contribution < -0.4 is 9.88 Å². The van der Waals surface area contributed by atoms with Crippen molar-refractivity contribution in [2.45, 2.75) is 20.3 Å². The molecule has 0 aliphatic rings. The lowest BCUT2D eigenvalue weighted by Gasteiger charge is -2.10. The van der Waals surface area contributed by atoms with E-state index in [9.17, 15) is 8.42 Å². The van der Waals surface area contributed by atoms with Crippen molar-refractivity contribution >= 4 is 10.0 Å². The lowest BCUT2D eigenvalue weighted by molar-refractivity contribution is 0.315. The standard InChI is InChI=1S/C11H17NO3S/c1-9-5-3-6-11(10(9)2)15-7-4-8-16(12,13)14/h3,5-6H,4,7-8H2,1-2H3,(H2,12,13,14). The summed E-state index contributed by atoms with van der Waals surface area (Å²) in [6.45, 7) is 4.34. The highest BCUT2D eigenvalue weighted by Crippen LogP contribution is 2.20. The SMILES string of the molecule is Cc1cccc(OCCCS(N)(=O)=O)c1C. The number of hydrogen-bond acceptors (Lipinski definition) is 3. The highest BCUT2D eigenvalue weighted by atomic mass is 32.2. The maximum Gasteiger partial charge on any atom is 0.209 e. The average Bonchev–Trinajstić information content (AvgIpc) is 2.17. The van der Waals surface area contributed by atoms with E-state index in [2.05, 4.69) is 0 Å². The summed E-state index contributed by atoms with van der Waals surface area (Å²) < 4.78 is 26.9. The van der Waals surface area contributed by atoms with Gasteiger partial charge in [0.2, 0.25) is 10.0 Å². The third-order valence-corrected chi connectivity index (χ3v) is 3.24. The van der Waals surface area contributed by atoms with Crippen molar-refractivity contribution in [2.24, 2.45) is 5.14 Å². The van der Waals surface area contributed by atoms with Crippen molar-refractivity contribution in [1.82, 2.24) is 0 Å². The first kappa shape index (κ1) is 13.0. The summed E-state index contributed by atoms with van der Waals surface area (Å²) in [6, 6.07) is 5.79. The molecular formula is C11H17NO3S. The molecule has 1 aromatic carbocycles. The Kier molecular flexibility index (Phi) is 4.32. The molecule has 0 aliphatic heterocycles. The van der Waals surface area contributed by atoms with Crippen LogP contribution >= 0.6 is 0 Å². The number of hydrogen-bond donors (Lipinski definition) is 1. The number of ether oxygens (including phenoxy) is 1. The zero-order valence-corrected chi connectivity index (χ0v) is 10.4. The van der Waals surface area contributed by atoms with E-state index >= 15 is 0 Å². The first-order chi connectivity index (χ1) is 7.40. The second-order valence-corrected chi connectivity index (χ2v) is 5.50. The molecule has 0 heterocycles. The van der Waals surface area contributed by atoms with E-state index in [1.54, 1.807) is 0 Å². The normalized spacial score (nSPS) is 11.4. The Balaban J connectivity index is 2.47. The van der Waals surface area contributed by atoms with Gasteiger partial charge in [-0.15, -0.1) is 0 Å². The molecule has 0 amide bonds. The van der Waals surface area contributed by atoms with E-state index in [4.69, 9.17) is 9.88 Å². The smallest absolute Gasteiger partial charge is 0.209 e. The molecule has 0 aromatic heterocycles. The van der Waals surface area contributed by atoms with Crippen molar-refractivity contribution in [2.75, 3.05) is 12.4 Å². The van der Waals surface area contributed by atoms with Crippen molar-refractivity contribution in [3.63, 3.8) is 0 Å². The summed E-state index contributed by atoms with van der Waals surface area (Å²) in [5.74, 6) is 0.757. The number of rotatable bonds is 5. The van der Waals surface area contributed by atoms with Crippen LogP contribution in [-0.4, -0.2) is 20.8 Å². The molecule has 0 radical (unpaired) electrons. The predicted octanol–water partition coefficient (Wildman–Crippen LogP) is 1.36. The quantitative estimate of drug-likeness (QED) is 0.794. The minimum atomic E-state index is -3.38. The summed E-state index contributed by atoms with van der Waals surface area (Å²) >= 11 is 0. The third kappa shape index (κ3) is 4.20. The number of aryl methyl sites for hydroxylation is 1. The Labute approximate surface area is 96.5 Å². The summed E-state index contributed by atoms with van der Waals surface area (Å²) in [5, 5.41) is 4.89. The molecule has 0 unspecified atom stereocenters. The molecule has 1 rings (SSSR count). The zero-order chi connectivity index (χ0) is 12.2. The van der Waals surface area contributed by atoms with Crippen LogP contribution in [0.25, 0.3) is 0 Å². The Bertz CT molecular complexity index is 454. The molecule has 0 atom stereocenters. The Hall–Kier alpha value is -1.07. The largest absolute Gasteiger partial charge is 0.493 e. The van der Waals surface area contributed by atoms with Crippen LogP contribution in [0.3, 0.4) is 0 Å². The number of primary sulfonamides is 1. The molecule has 0 bridgehead atoms. The predicted molar refractivity (Wildman–Crippen MR) is 64.0 cm³/mol. The third-order valence-electron chi connectivity index (χ3n) is 2.39. The van der Waals surface area contributed by atoms with Crippen molar-refractivity contribution in [3.05, 3.63) is 29.3 Å². The first-order valence-corrected chi connectivity index (χ1v) is 6.81. The fourth-order valence-corrected chi connectivity index (χ4v) is 1.84. The minimum Gasteiger partial charge on any atom is -0.493 e. The molecule has 4 nitrogen and oxygen atoms in total. The van der Waals surface area contributed by atoms with Crippen LogP contribution in [0.5, 0.6) is 5.75 Å². The second kappa shape index (κ2) is 5.32. The molecular weight excluding hydrogens is 226 g/mol. The molecule has 0 spiro atoms. The second-order valence-electron chi connectivity index (χ2n) is 3.77. The van der Waals surface area contributed by atoms with E-state index in [-0.39, 0.29) is 5.75 Å². The van der Waals surface area contributed by atoms with Gasteiger partial charge in [0, 0.05) is 0 Å². The average molecular weight is 243 g/mol. The van der Waals surface area contributed by atoms with Gasteiger partial charge in [0.15, 0.2) is 0 Å². The fourth-order valence-electron chi connectivity index (χ4n) is 1.32.